The Balaban J connectivity index is 0.000000260. The van der Waals surface area contributed by atoms with Crippen molar-refractivity contribution in [2.45, 2.75) is 31.1 Å². The number of rotatable bonds is 6. The molecule has 2 atom stereocenters. The van der Waals surface area contributed by atoms with E-state index in [2.05, 4.69) is 11.4 Å². The quantitative estimate of drug-likeness (QED) is 0.674. The molecule has 8 heteroatoms. The molecule has 0 aromatic heterocycles. The van der Waals surface area contributed by atoms with Crippen molar-refractivity contribution in [1.29, 1.82) is 0 Å². The molecule has 3 N–H and O–H groups in total. The van der Waals surface area contributed by atoms with Crippen molar-refractivity contribution in [2.24, 2.45) is 5.41 Å². The van der Waals surface area contributed by atoms with Crippen LogP contribution in [-0.4, -0.2) is 49.0 Å². The predicted octanol–water partition coefficient (Wildman–Crippen LogP) is 3.20. The first-order chi connectivity index (χ1) is 12.3. The van der Waals surface area contributed by atoms with E-state index >= 15 is 0 Å². The highest BCUT2D eigenvalue weighted by Crippen LogP contribution is 2.67. The second kappa shape index (κ2) is 8.57. The highest BCUT2D eigenvalue weighted by Gasteiger charge is 2.68. The van der Waals surface area contributed by atoms with E-state index in [0.29, 0.717) is 10.0 Å². The summed E-state index contributed by atoms with van der Waals surface area (Å²) >= 11 is 12.2. The van der Waals surface area contributed by atoms with Gasteiger partial charge >= 0.3 is 11.9 Å². The molecule has 1 heterocycles. The van der Waals surface area contributed by atoms with Gasteiger partial charge in [-0.05, 0) is 37.1 Å². The van der Waals surface area contributed by atoms with E-state index in [9.17, 15) is 9.59 Å². The van der Waals surface area contributed by atoms with Crippen LogP contribution in [-0.2, 0) is 19.7 Å². The van der Waals surface area contributed by atoms with Gasteiger partial charge in [0.05, 0.1) is 29.5 Å². The van der Waals surface area contributed by atoms with Gasteiger partial charge in [0, 0.05) is 24.5 Å². The fraction of sp³-hybridized carbons (Fsp3) is 0.556. The zero-order valence-electron chi connectivity index (χ0n) is 14.6. The first-order valence-corrected chi connectivity index (χ1v) is 9.11. The zero-order chi connectivity index (χ0) is 19.4. The van der Waals surface area contributed by atoms with Crippen molar-refractivity contribution in [3.63, 3.8) is 0 Å². The van der Waals surface area contributed by atoms with Crippen molar-refractivity contribution in [3.05, 3.63) is 33.8 Å². The summed E-state index contributed by atoms with van der Waals surface area (Å²) in [7, 11) is 1.78. The molecule has 1 saturated carbocycles. The predicted molar refractivity (Wildman–Crippen MR) is 99.1 cm³/mol. The van der Waals surface area contributed by atoms with Crippen LogP contribution in [0, 0.1) is 5.41 Å². The number of carboxylic acid groups (broad SMARTS) is 2. The number of nitrogens with one attached hydrogen (secondary N) is 1. The zero-order valence-corrected chi connectivity index (χ0v) is 16.1. The molecule has 2 fully saturated rings. The number of halogens is 2. The molecule has 1 aromatic rings. The number of fused-ring (bicyclic) bond motifs is 1. The van der Waals surface area contributed by atoms with Crippen molar-refractivity contribution in [1.82, 2.24) is 5.32 Å². The van der Waals surface area contributed by atoms with E-state index in [0.717, 1.165) is 26.1 Å². The molecule has 1 aromatic carbocycles. The minimum absolute atomic E-state index is 0.239. The van der Waals surface area contributed by atoms with Gasteiger partial charge in [-0.1, -0.05) is 29.3 Å². The molecule has 2 aliphatic rings. The van der Waals surface area contributed by atoms with Crippen LogP contribution in [0.1, 0.15) is 31.2 Å². The summed E-state index contributed by atoms with van der Waals surface area (Å²) in [6.45, 7) is 2.90. The van der Waals surface area contributed by atoms with E-state index in [1.807, 2.05) is 12.1 Å². The van der Waals surface area contributed by atoms with Crippen molar-refractivity contribution in [3.8, 4) is 0 Å². The van der Waals surface area contributed by atoms with Gasteiger partial charge in [0.15, 0.2) is 0 Å². The molecule has 3 rings (SSSR count). The van der Waals surface area contributed by atoms with Gasteiger partial charge in [0.25, 0.3) is 0 Å². The van der Waals surface area contributed by atoms with Gasteiger partial charge in [-0.15, -0.1) is 0 Å². The van der Waals surface area contributed by atoms with E-state index in [4.69, 9.17) is 38.2 Å². The van der Waals surface area contributed by atoms with Gasteiger partial charge in [-0.3, -0.25) is 9.59 Å². The largest absolute Gasteiger partial charge is 0.481 e. The lowest BCUT2D eigenvalue weighted by Gasteiger charge is -2.31. The number of benzene rings is 1. The Kier molecular flexibility index (Phi) is 6.91. The molecule has 0 amide bonds. The highest BCUT2D eigenvalue weighted by molar-refractivity contribution is 6.42. The Morgan fingerprint density at radius 2 is 1.85 bits per heavy atom. The summed E-state index contributed by atoms with van der Waals surface area (Å²) in [5.41, 5.74) is 1.80. The molecule has 144 valence electrons. The Labute approximate surface area is 162 Å². The van der Waals surface area contributed by atoms with Gasteiger partial charge in [0.2, 0.25) is 0 Å². The number of hydrogen-bond donors (Lipinski definition) is 3. The number of ether oxygens (including phenoxy) is 1. The number of methoxy groups -OCH3 is 1. The average molecular weight is 404 g/mol. The van der Waals surface area contributed by atoms with E-state index in [1.54, 1.807) is 7.11 Å². The molecule has 6 nitrogen and oxygen atoms in total. The average Bonchev–Trinajstić information content (AvgIpc) is 3.26. The number of carbonyl (C=O) groups is 2. The second-order valence-electron chi connectivity index (χ2n) is 6.82. The van der Waals surface area contributed by atoms with Crippen LogP contribution in [0.5, 0.6) is 0 Å². The van der Waals surface area contributed by atoms with E-state index in [-0.39, 0.29) is 23.7 Å². The normalized spacial score (nSPS) is 26.3. The monoisotopic (exact) mass is 403 g/mol. The third-order valence-corrected chi connectivity index (χ3v) is 5.91. The molecule has 1 aliphatic carbocycles. The minimum atomic E-state index is -1.08. The lowest BCUT2D eigenvalue weighted by atomic mass is 9.81. The smallest absolute Gasteiger partial charge is 0.303 e. The summed E-state index contributed by atoms with van der Waals surface area (Å²) < 4.78 is 5.43. The molecule has 0 radical (unpaired) electrons. The number of piperidine rings is 1. The fourth-order valence-electron chi connectivity index (χ4n) is 3.82. The molecule has 0 bridgehead atoms. The summed E-state index contributed by atoms with van der Waals surface area (Å²) in [6, 6.07) is 6.06. The Morgan fingerprint density at radius 1 is 1.19 bits per heavy atom. The van der Waals surface area contributed by atoms with Crippen LogP contribution >= 0.6 is 23.2 Å². The van der Waals surface area contributed by atoms with Crippen LogP contribution < -0.4 is 5.32 Å². The molecule has 1 saturated heterocycles. The van der Waals surface area contributed by atoms with Crippen molar-refractivity contribution >= 4 is 35.1 Å². The SMILES string of the molecule is COC[C@]12CNCCC1(c1ccc(Cl)c(Cl)c1)C2.O=C(O)CCC(=O)O. The fourth-order valence-corrected chi connectivity index (χ4v) is 4.12. The van der Waals surface area contributed by atoms with Gasteiger partial charge in [0.1, 0.15) is 0 Å². The van der Waals surface area contributed by atoms with Crippen LogP contribution in [0.2, 0.25) is 10.0 Å². The third kappa shape index (κ3) is 4.49. The van der Waals surface area contributed by atoms with Gasteiger partial charge in [-0.25, -0.2) is 0 Å². The summed E-state index contributed by atoms with van der Waals surface area (Å²) in [4.78, 5) is 19.3. The van der Waals surface area contributed by atoms with E-state index in [1.165, 1.54) is 12.0 Å². The molecular formula is C18H23Cl2NO5. The van der Waals surface area contributed by atoms with Crippen LogP contribution in [0.4, 0.5) is 0 Å². The van der Waals surface area contributed by atoms with Gasteiger partial charge in [-0.2, -0.15) is 0 Å². The van der Waals surface area contributed by atoms with Crippen molar-refractivity contribution < 1.29 is 24.5 Å². The Hall–Kier alpha value is -1.34. The summed E-state index contributed by atoms with van der Waals surface area (Å²) in [6.07, 6.45) is 1.73. The lowest BCUT2D eigenvalue weighted by Crippen LogP contribution is -2.40. The Bertz CT molecular complexity index is 666. The second-order valence-corrected chi connectivity index (χ2v) is 7.63. The molecule has 26 heavy (non-hydrogen) atoms. The maximum Gasteiger partial charge on any atom is 0.303 e. The van der Waals surface area contributed by atoms with Crippen LogP contribution in [0.25, 0.3) is 0 Å². The Morgan fingerprint density at radius 3 is 2.38 bits per heavy atom. The van der Waals surface area contributed by atoms with Crippen molar-refractivity contribution in [2.75, 3.05) is 26.8 Å². The number of carboxylic acids is 2. The molecule has 1 unspecified atom stereocenters. The first-order valence-electron chi connectivity index (χ1n) is 8.35. The van der Waals surface area contributed by atoms with E-state index < -0.39 is 11.9 Å². The lowest BCUT2D eigenvalue weighted by molar-refractivity contribution is -0.143. The maximum atomic E-state index is 9.64. The molecule has 0 spiro atoms. The topological polar surface area (TPSA) is 95.9 Å². The number of aliphatic carboxylic acids is 2. The maximum absolute atomic E-state index is 9.64. The van der Waals surface area contributed by atoms with Crippen LogP contribution in [0.15, 0.2) is 18.2 Å². The highest BCUT2D eigenvalue weighted by atomic mass is 35.5. The number of hydrogen-bond acceptors (Lipinski definition) is 4. The standard InChI is InChI=1S/C14H17Cl2NO.C4H6O4/c1-18-9-13-7-14(13,4-5-17-8-13)10-2-3-11(15)12(16)6-10;5-3(6)1-2-4(7)8/h2-3,6,17H,4-5,7-9H2,1H3;1-2H2,(H,5,6)(H,7,8)/t13-,14?;/m0./s1. The summed E-state index contributed by atoms with van der Waals surface area (Å²) in [5.74, 6) is -2.15. The first kappa shape index (κ1) is 21.0. The molecular weight excluding hydrogens is 381 g/mol. The minimum Gasteiger partial charge on any atom is -0.481 e. The van der Waals surface area contributed by atoms with Crippen LogP contribution in [0.3, 0.4) is 0 Å². The third-order valence-electron chi connectivity index (χ3n) is 5.17. The molecule has 1 aliphatic heterocycles. The van der Waals surface area contributed by atoms with Gasteiger partial charge < -0.3 is 20.3 Å². The summed E-state index contributed by atoms with van der Waals surface area (Å²) in [5, 5.41) is 20.6.